The van der Waals surface area contributed by atoms with Gasteiger partial charge in [0.1, 0.15) is 5.52 Å². The van der Waals surface area contributed by atoms with Gasteiger partial charge in [-0.1, -0.05) is 30.3 Å². The molecule has 1 saturated heterocycles. The molecule has 0 radical (unpaired) electrons. The zero-order valence-electron chi connectivity index (χ0n) is 15.0. The van der Waals surface area contributed by atoms with Crippen molar-refractivity contribution in [2.24, 2.45) is 0 Å². The highest BCUT2D eigenvalue weighted by Gasteiger charge is 2.18. The smallest absolute Gasteiger partial charge is 0.298 e. The molecule has 1 fully saturated rings. The Labute approximate surface area is 155 Å². The first-order valence-corrected chi connectivity index (χ1v) is 8.97. The van der Waals surface area contributed by atoms with Gasteiger partial charge in [-0.3, -0.25) is 4.79 Å². The van der Waals surface area contributed by atoms with Crippen molar-refractivity contribution < 1.29 is 0 Å². The van der Waals surface area contributed by atoms with E-state index in [2.05, 4.69) is 27.2 Å². The quantitative estimate of drug-likeness (QED) is 0.530. The van der Waals surface area contributed by atoms with Crippen molar-refractivity contribution >= 4 is 16.7 Å². The Balaban J connectivity index is 1.64. The molecule has 0 unspecified atom stereocenters. The Hall–Kier alpha value is -3.26. The summed E-state index contributed by atoms with van der Waals surface area (Å²) < 4.78 is 3.35. The van der Waals surface area contributed by atoms with Crippen LogP contribution in [-0.4, -0.2) is 62.6 Å². The predicted octanol–water partition coefficient (Wildman–Crippen LogP) is 0.990. The molecule has 4 aromatic rings. The standard InChI is InChI=1S/C19H19N7O/c1-23-9-11-24(12-10-23)25-8-7-16-17(19(25)27)21-22-18-15(13-20-26(16)18)14-5-3-2-4-6-14/h2-8,13H,9-12H2,1H3. The van der Waals surface area contributed by atoms with E-state index in [4.69, 9.17) is 0 Å². The van der Waals surface area contributed by atoms with Crippen LogP contribution in [-0.2, 0) is 0 Å². The molecular weight excluding hydrogens is 342 g/mol. The number of fused-ring (bicyclic) bond motifs is 3. The number of likely N-dealkylation sites (N-methyl/N-ethyl adjacent to an activating group) is 1. The molecule has 1 aliphatic heterocycles. The molecule has 27 heavy (non-hydrogen) atoms. The van der Waals surface area contributed by atoms with E-state index in [0.717, 1.165) is 37.3 Å². The van der Waals surface area contributed by atoms with E-state index in [1.54, 1.807) is 21.6 Å². The van der Waals surface area contributed by atoms with Gasteiger partial charge in [0.05, 0.1) is 6.20 Å². The zero-order chi connectivity index (χ0) is 18.4. The third-order valence-electron chi connectivity index (χ3n) is 5.11. The van der Waals surface area contributed by atoms with Gasteiger partial charge < -0.3 is 9.91 Å². The Morgan fingerprint density at radius 1 is 0.963 bits per heavy atom. The number of aromatic nitrogens is 5. The van der Waals surface area contributed by atoms with E-state index in [9.17, 15) is 4.79 Å². The summed E-state index contributed by atoms with van der Waals surface area (Å²) in [5, 5.41) is 15.1. The van der Waals surface area contributed by atoms with Gasteiger partial charge in [-0.15, -0.1) is 10.2 Å². The van der Waals surface area contributed by atoms with E-state index in [1.165, 1.54) is 0 Å². The predicted molar refractivity (Wildman–Crippen MR) is 103 cm³/mol. The molecule has 0 bridgehead atoms. The molecule has 0 amide bonds. The first-order chi connectivity index (χ1) is 13.2. The Morgan fingerprint density at radius 2 is 1.74 bits per heavy atom. The number of pyridine rings is 1. The minimum Gasteiger partial charge on any atom is -0.307 e. The van der Waals surface area contributed by atoms with Crippen LogP contribution < -0.4 is 10.6 Å². The van der Waals surface area contributed by atoms with E-state index in [0.29, 0.717) is 16.7 Å². The lowest BCUT2D eigenvalue weighted by molar-refractivity contribution is 0.286. The molecule has 0 spiro atoms. The van der Waals surface area contributed by atoms with Gasteiger partial charge in [0.15, 0.2) is 11.2 Å². The van der Waals surface area contributed by atoms with Crippen molar-refractivity contribution in [1.29, 1.82) is 0 Å². The second-order valence-electron chi connectivity index (χ2n) is 6.82. The molecule has 0 N–H and O–H groups in total. The summed E-state index contributed by atoms with van der Waals surface area (Å²) in [4.78, 5) is 15.2. The van der Waals surface area contributed by atoms with Gasteiger partial charge in [-0.2, -0.15) is 5.10 Å². The maximum atomic E-state index is 13.0. The highest BCUT2D eigenvalue weighted by molar-refractivity contribution is 5.82. The fourth-order valence-electron chi connectivity index (χ4n) is 3.54. The van der Waals surface area contributed by atoms with Crippen molar-refractivity contribution in [3.8, 4) is 11.1 Å². The van der Waals surface area contributed by atoms with E-state index in [1.807, 2.05) is 41.4 Å². The van der Waals surface area contributed by atoms with Crippen molar-refractivity contribution in [3.05, 3.63) is 59.1 Å². The van der Waals surface area contributed by atoms with Crippen LogP contribution in [0.3, 0.4) is 0 Å². The van der Waals surface area contributed by atoms with Gasteiger partial charge in [-0.05, 0) is 18.7 Å². The molecule has 136 valence electrons. The van der Waals surface area contributed by atoms with Gasteiger partial charge >= 0.3 is 0 Å². The fraction of sp³-hybridized carbons (Fsp3) is 0.263. The average molecular weight is 361 g/mol. The van der Waals surface area contributed by atoms with Crippen LogP contribution in [0.4, 0.5) is 0 Å². The largest absolute Gasteiger partial charge is 0.307 e. The normalized spacial score (nSPS) is 15.7. The summed E-state index contributed by atoms with van der Waals surface area (Å²) in [7, 11) is 2.09. The lowest BCUT2D eigenvalue weighted by atomic mass is 10.1. The highest BCUT2D eigenvalue weighted by atomic mass is 16.1. The molecule has 1 aliphatic rings. The maximum Gasteiger partial charge on any atom is 0.298 e. The minimum atomic E-state index is -0.164. The SMILES string of the molecule is CN1CCN(n2ccc3c(nnc4c(-c5ccccc5)cnn43)c2=O)CC1. The average Bonchev–Trinajstić information content (AvgIpc) is 3.14. The Bertz CT molecular complexity index is 1170. The van der Waals surface area contributed by atoms with Crippen molar-refractivity contribution in [2.45, 2.75) is 0 Å². The summed E-state index contributed by atoms with van der Waals surface area (Å²) in [5.41, 5.74) is 3.39. The monoisotopic (exact) mass is 361 g/mol. The number of piperazine rings is 1. The van der Waals surface area contributed by atoms with Crippen molar-refractivity contribution in [3.63, 3.8) is 0 Å². The molecule has 3 aromatic heterocycles. The Morgan fingerprint density at radius 3 is 2.52 bits per heavy atom. The molecular formula is C19H19N7O. The van der Waals surface area contributed by atoms with Gasteiger partial charge in [0, 0.05) is 37.9 Å². The lowest BCUT2D eigenvalue weighted by Crippen LogP contribution is -2.53. The van der Waals surface area contributed by atoms with Crippen LogP contribution >= 0.6 is 0 Å². The van der Waals surface area contributed by atoms with E-state index < -0.39 is 0 Å². The van der Waals surface area contributed by atoms with Crippen LogP contribution in [0, 0.1) is 0 Å². The van der Waals surface area contributed by atoms with E-state index in [-0.39, 0.29) is 5.56 Å². The molecule has 5 rings (SSSR count). The summed E-state index contributed by atoms with van der Waals surface area (Å²) in [5.74, 6) is 0. The minimum absolute atomic E-state index is 0.164. The molecule has 4 heterocycles. The first-order valence-electron chi connectivity index (χ1n) is 8.97. The molecule has 8 heteroatoms. The van der Waals surface area contributed by atoms with Crippen LogP contribution in [0.2, 0.25) is 0 Å². The summed E-state index contributed by atoms with van der Waals surface area (Å²) in [6.07, 6.45) is 3.58. The number of rotatable bonds is 2. The van der Waals surface area contributed by atoms with Crippen LogP contribution in [0.15, 0.2) is 53.6 Å². The van der Waals surface area contributed by atoms with Crippen LogP contribution in [0.1, 0.15) is 0 Å². The summed E-state index contributed by atoms with van der Waals surface area (Å²) >= 11 is 0. The van der Waals surface area contributed by atoms with Crippen LogP contribution in [0.5, 0.6) is 0 Å². The van der Waals surface area contributed by atoms with Crippen LogP contribution in [0.25, 0.3) is 27.8 Å². The third-order valence-corrected chi connectivity index (χ3v) is 5.11. The lowest BCUT2D eigenvalue weighted by Gasteiger charge is -2.34. The second-order valence-corrected chi connectivity index (χ2v) is 6.82. The molecule has 0 saturated carbocycles. The van der Waals surface area contributed by atoms with Gasteiger partial charge in [0.25, 0.3) is 5.56 Å². The van der Waals surface area contributed by atoms with Gasteiger partial charge in [0.2, 0.25) is 0 Å². The van der Waals surface area contributed by atoms with Crippen molar-refractivity contribution in [1.82, 2.24) is 29.4 Å². The zero-order valence-corrected chi connectivity index (χ0v) is 15.0. The topological polar surface area (TPSA) is 71.6 Å². The van der Waals surface area contributed by atoms with Crippen molar-refractivity contribution in [2.75, 3.05) is 38.2 Å². The maximum absolute atomic E-state index is 13.0. The number of hydrogen-bond donors (Lipinski definition) is 0. The highest BCUT2D eigenvalue weighted by Crippen LogP contribution is 2.23. The second kappa shape index (κ2) is 6.17. The molecule has 8 nitrogen and oxygen atoms in total. The third kappa shape index (κ3) is 2.57. The summed E-state index contributed by atoms with van der Waals surface area (Å²) in [6.45, 7) is 3.46. The molecule has 1 aromatic carbocycles. The fourth-order valence-corrected chi connectivity index (χ4v) is 3.54. The van der Waals surface area contributed by atoms with E-state index >= 15 is 0 Å². The summed E-state index contributed by atoms with van der Waals surface area (Å²) in [6, 6.07) is 11.8. The first kappa shape index (κ1) is 16.0. The Kier molecular flexibility index (Phi) is 3.64. The van der Waals surface area contributed by atoms with Gasteiger partial charge in [-0.25, -0.2) is 9.19 Å². The number of benzene rings is 1. The number of nitrogens with zero attached hydrogens (tertiary/aromatic N) is 7. The molecule has 0 atom stereocenters. The number of hydrogen-bond acceptors (Lipinski definition) is 6. The molecule has 0 aliphatic carbocycles.